The van der Waals surface area contributed by atoms with Gasteiger partial charge in [-0.05, 0) is 60.2 Å². The molecule has 0 radical (unpaired) electrons. The number of pyridine rings is 1. The molecule has 2 aromatic carbocycles. The molecular weight excluding hydrogens is 384 g/mol. The number of nitrogens with zero attached hydrogens (tertiary/aromatic N) is 1. The molecule has 162 valence electrons. The fourth-order valence-corrected chi connectivity index (χ4v) is 4.37. The van der Waals surface area contributed by atoms with Crippen LogP contribution in [0.5, 0.6) is 11.5 Å². The lowest BCUT2D eigenvalue weighted by Crippen LogP contribution is -2.21. The first kappa shape index (κ1) is 21.3. The Balaban J connectivity index is 1.66. The number of ether oxygens (including phenoxy) is 1. The average molecular weight is 417 g/mol. The van der Waals surface area contributed by atoms with Crippen LogP contribution in [-0.2, 0) is 6.54 Å². The van der Waals surface area contributed by atoms with Crippen molar-refractivity contribution in [2.75, 3.05) is 12.5 Å². The molecule has 5 nitrogen and oxygen atoms in total. The third kappa shape index (κ3) is 5.06. The van der Waals surface area contributed by atoms with Crippen LogP contribution in [0.3, 0.4) is 0 Å². The van der Waals surface area contributed by atoms with Gasteiger partial charge >= 0.3 is 0 Å². The number of hydrogen-bond acceptors (Lipinski definition) is 5. The van der Waals surface area contributed by atoms with E-state index in [0.29, 0.717) is 12.5 Å². The Kier molecular flexibility index (Phi) is 6.85. The van der Waals surface area contributed by atoms with Crippen molar-refractivity contribution < 1.29 is 4.74 Å². The zero-order valence-electron chi connectivity index (χ0n) is 18.4. The highest BCUT2D eigenvalue weighted by Crippen LogP contribution is 2.38. The molecule has 3 aromatic rings. The lowest BCUT2D eigenvalue weighted by atomic mass is 9.80. The van der Waals surface area contributed by atoms with Crippen LogP contribution >= 0.6 is 0 Å². The summed E-state index contributed by atoms with van der Waals surface area (Å²) in [5, 5.41) is 0. The van der Waals surface area contributed by atoms with E-state index in [-0.39, 0.29) is 0 Å². The van der Waals surface area contributed by atoms with Crippen molar-refractivity contribution in [2.24, 2.45) is 11.7 Å². The van der Waals surface area contributed by atoms with Crippen LogP contribution in [0.4, 0.5) is 5.82 Å². The lowest BCUT2D eigenvalue weighted by Gasteiger charge is -2.27. The number of hydrazine groups is 1. The van der Waals surface area contributed by atoms with Gasteiger partial charge in [-0.2, -0.15) is 0 Å². The standard InChI is InChI=1S/C26H32N4O/c1-18-8-10-20(11-9-18)25-16-23(24(17-27)26(29-25)30-28-2)19-12-14-22(15-13-19)31-21-6-4-3-5-7-21/h3-7,12-16,18,20,28H,8-11,17,27H2,1-2H3,(H,29,30). The van der Waals surface area contributed by atoms with Gasteiger partial charge in [-0.15, -0.1) is 0 Å². The van der Waals surface area contributed by atoms with Crippen molar-refractivity contribution in [3.8, 4) is 22.6 Å². The van der Waals surface area contributed by atoms with Gasteiger partial charge in [-0.3, -0.25) is 0 Å². The summed E-state index contributed by atoms with van der Waals surface area (Å²) in [7, 11) is 1.85. The van der Waals surface area contributed by atoms with Gasteiger partial charge in [0.25, 0.3) is 0 Å². The summed E-state index contributed by atoms with van der Waals surface area (Å²) in [5.41, 5.74) is 16.8. The molecule has 1 aliphatic carbocycles. The van der Waals surface area contributed by atoms with Crippen LogP contribution in [0.1, 0.15) is 49.8 Å². The molecule has 1 aromatic heterocycles. The number of aromatic nitrogens is 1. The Hall–Kier alpha value is -2.89. The molecule has 0 spiro atoms. The maximum Gasteiger partial charge on any atom is 0.145 e. The van der Waals surface area contributed by atoms with Gasteiger partial charge in [0.05, 0.1) is 0 Å². The molecule has 31 heavy (non-hydrogen) atoms. The van der Waals surface area contributed by atoms with E-state index in [4.69, 9.17) is 15.5 Å². The quantitative estimate of drug-likeness (QED) is 0.422. The summed E-state index contributed by atoms with van der Waals surface area (Å²) < 4.78 is 5.96. The Bertz CT molecular complexity index is 980. The first-order valence-corrected chi connectivity index (χ1v) is 11.2. The van der Waals surface area contributed by atoms with Crippen molar-refractivity contribution in [1.29, 1.82) is 0 Å². The van der Waals surface area contributed by atoms with Crippen LogP contribution in [0.15, 0.2) is 60.7 Å². The molecule has 1 saturated carbocycles. The van der Waals surface area contributed by atoms with Gasteiger partial charge < -0.3 is 15.9 Å². The molecule has 0 bridgehead atoms. The molecule has 1 aliphatic rings. The minimum absolute atomic E-state index is 0.413. The van der Waals surface area contributed by atoms with Crippen LogP contribution in [-0.4, -0.2) is 12.0 Å². The molecule has 1 heterocycles. The predicted molar refractivity (Wildman–Crippen MR) is 127 cm³/mol. The van der Waals surface area contributed by atoms with E-state index in [2.05, 4.69) is 36.0 Å². The number of rotatable bonds is 7. The predicted octanol–water partition coefficient (Wildman–Crippen LogP) is 5.84. The highest BCUT2D eigenvalue weighted by atomic mass is 16.5. The molecular formula is C26H32N4O. The van der Waals surface area contributed by atoms with E-state index < -0.39 is 0 Å². The van der Waals surface area contributed by atoms with Crippen molar-refractivity contribution in [3.63, 3.8) is 0 Å². The fraction of sp³-hybridized carbons (Fsp3) is 0.346. The summed E-state index contributed by atoms with van der Waals surface area (Å²) in [4.78, 5) is 4.96. The Labute approximate surface area is 185 Å². The SMILES string of the molecule is CNNc1nc(C2CCC(C)CC2)cc(-c2ccc(Oc3ccccc3)cc2)c1CN. The van der Waals surface area contributed by atoms with Gasteiger partial charge in [0.2, 0.25) is 0 Å². The summed E-state index contributed by atoms with van der Waals surface area (Å²) in [6.07, 6.45) is 4.91. The summed E-state index contributed by atoms with van der Waals surface area (Å²) in [6.45, 7) is 2.76. The summed E-state index contributed by atoms with van der Waals surface area (Å²) >= 11 is 0. The van der Waals surface area contributed by atoms with Gasteiger partial charge in [0.15, 0.2) is 0 Å². The van der Waals surface area contributed by atoms with Gasteiger partial charge in [-0.1, -0.05) is 50.1 Å². The molecule has 5 heteroatoms. The second-order valence-corrected chi connectivity index (χ2v) is 8.40. The largest absolute Gasteiger partial charge is 0.457 e. The molecule has 0 amide bonds. The molecule has 0 atom stereocenters. The summed E-state index contributed by atoms with van der Waals surface area (Å²) in [6, 6.07) is 20.3. The normalized spacial score (nSPS) is 18.5. The minimum Gasteiger partial charge on any atom is -0.457 e. The molecule has 4 rings (SSSR count). The highest BCUT2D eigenvalue weighted by Gasteiger charge is 2.23. The van der Waals surface area contributed by atoms with Crippen LogP contribution < -0.4 is 21.3 Å². The van der Waals surface area contributed by atoms with Gasteiger partial charge in [0.1, 0.15) is 17.3 Å². The van der Waals surface area contributed by atoms with E-state index in [1.165, 1.54) is 25.7 Å². The smallest absolute Gasteiger partial charge is 0.145 e. The third-order valence-electron chi connectivity index (χ3n) is 6.17. The van der Waals surface area contributed by atoms with Gasteiger partial charge in [-0.25, -0.2) is 10.4 Å². The number of hydrogen-bond donors (Lipinski definition) is 3. The summed E-state index contributed by atoms with van der Waals surface area (Å²) in [5.74, 6) is 3.77. The van der Waals surface area contributed by atoms with E-state index in [1.54, 1.807) is 0 Å². The topological polar surface area (TPSA) is 72.2 Å². The zero-order chi connectivity index (χ0) is 21.6. The van der Waals surface area contributed by atoms with Crippen molar-refractivity contribution in [3.05, 3.63) is 71.9 Å². The second kappa shape index (κ2) is 9.94. The molecule has 4 N–H and O–H groups in total. The second-order valence-electron chi connectivity index (χ2n) is 8.40. The number of anilines is 1. The van der Waals surface area contributed by atoms with Crippen molar-refractivity contribution in [1.82, 2.24) is 10.4 Å². The van der Waals surface area contributed by atoms with E-state index in [1.807, 2.05) is 49.5 Å². The average Bonchev–Trinajstić information content (AvgIpc) is 2.80. The maximum atomic E-state index is 6.17. The Morgan fingerprint density at radius 1 is 0.968 bits per heavy atom. The monoisotopic (exact) mass is 416 g/mol. The lowest BCUT2D eigenvalue weighted by molar-refractivity contribution is 0.344. The van der Waals surface area contributed by atoms with Crippen LogP contribution in [0.25, 0.3) is 11.1 Å². The molecule has 0 unspecified atom stereocenters. The fourth-order valence-electron chi connectivity index (χ4n) is 4.37. The first-order valence-electron chi connectivity index (χ1n) is 11.2. The van der Waals surface area contributed by atoms with Crippen LogP contribution in [0.2, 0.25) is 0 Å². The first-order chi connectivity index (χ1) is 15.2. The van der Waals surface area contributed by atoms with E-state index in [0.717, 1.165) is 45.6 Å². The number of para-hydroxylation sites is 1. The number of nitrogens with one attached hydrogen (secondary N) is 2. The Morgan fingerprint density at radius 2 is 1.65 bits per heavy atom. The van der Waals surface area contributed by atoms with Crippen LogP contribution in [0, 0.1) is 5.92 Å². The minimum atomic E-state index is 0.413. The van der Waals surface area contributed by atoms with E-state index in [9.17, 15) is 0 Å². The Morgan fingerprint density at radius 3 is 2.29 bits per heavy atom. The number of benzene rings is 2. The highest BCUT2D eigenvalue weighted by molar-refractivity contribution is 5.73. The molecule has 0 aliphatic heterocycles. The molecule has 1 fully saturated rings. The maximum absolute atomic E-state index is 6.17. The van der Waals surface area contributed by atoms with Gasteiger partial charge in [0, 0.05) is 30.8 Å². The van der Waals surface area contributed by atoms with Crippen molar-refractivity contribution in [2.45, 2.75) is 45.1 Å². The third-order valence-corrected chi connectivity index (χ3v) is 6.17. The van der Waals surface area contributed by atoms with E-state index >= 15 is 0 Å². The van der Waals surface area contributed by atoms with Crippen molar-refractivity contribution >= 4 is 5.82 Å². The zero-order valence-corrected chi connectivity index (χ0v) is 18.4. The number of nitrogens with two attached hydrogens (primary N) is 1. The molecule has 0 saturated heterocycles.